The van der Waals surface area contributed by atoms with E-state index in [1.165, 1.54) is 12.1 Å². The van der Waals surface area contributed by atoms with Crippen LogP contribution < -0.4 is 14.8 Å². The SMILES string of the molecule is COc1ccc(COc2cccc(F)c2)cc1NC(=O)[C@@H]1CCOC1. The van der Waals surface area contributed by atoms with Crippen LogP contribution in [-0.2, 0) is 16.1 Å². The van der Waals surface area contributed by atoms with Crippen LogP contribution in [0.2, 0.25) is 0 Å². The minimum Gasteiger partial charge on any atom is -0.495 e. The molecule has 1 amide bonds. The highest BCUT2D eigenvalue weighted by Crippen LogP contribution is 2.27. The number of hydrogen-bond donors (Lipinski definition) is 1. The summed E-state index contributed by atoms with van der Waals surface area (Å²) >= 11 is 0. The Balaban J connectivity index is 1.69. The molecule has 25 heavy (non-hydrogen) atoms. The standard InChI is InChI=1S/C19H20FNO4/c1-23-18-6-5-13(11-25-16-4-2-3-15(20)10-16)9-17(18)21-19(22)14-7-8-24-12-14/h2-6,9-10,14H,7-8,11-12H2,1H3,(H,21,22)/t14-/m1/s1. The van der Waals surface area contributed by atoms with Crippen LogP contribution in [0.4, 0.5) is 10.1 Å². The summed E-state index contributed by atoms with van der Waals surface area (Å²) in [4.78, 5) is 12.3. The van der Waals surface area contributed by atoms with Crippen molar-refractivity contribution < 1.29 is 23.4 Å². The lowest BCUT2D eigenvalue weighted by Gasteiger charge is -2.14. The second-order valence-electron chi connectivity index (χ2n) is 5.83. The monoisotopic (exact) mass is 345 g/mol. The smallest absolute Gasteiger partial charge is 0.230 e. The van der Waals surface area contributed by atoms with Gasteiger partial charge in [0.05, 0.1) is 25.3 Å². The number of nitrogens with one attached hydrogen (secondary N) is 1. The number of carbonyl (C=O) groups excluding carboxylic acids is 1. The minimum absolute atomic E-state index is 0.0843. The lowest BCUT2D eigenvalue weighted by Crippen LogP contribution is -2.23. The van der Waals surface area contributed by atoms with Gasteiger partial charge >= 0.3 is 0 Å². The second-order valence-corrected chi connectivity index (χ2v) is 5.83. The zero-order chi connectivity index (χ0) is 17.6. The Morgan fingerprint density at radius 2 is 2.20 bits per heavy atom. The summed E-state index contributed by atoms with van der Waals surface area (Å²) in [6, 6.07) is 11.4. The molecule has 0 unspecified atom stereocenters. The average molecular weight is 345 g/mol. The topological polar surface area (TPSA) is 56.8 Å². The summed E-state index contributed by atoms with van der Waals surface area (Å²) in [6.07, 6.45) is 0.719. The fraction of sp³-hybridized carbons (Fsp3) is 0.316. The molecule has 3 rings (SSSR count). The normalized spacial score (nSPS) is 16.5. The maximum atomic E-state index is 13.2. The molecule has 0 saturated carbocycles. The highest BCUT2D eigenvalue weighted by molar-refractivity contribution is 5.94. The van der Waals surface area contributed by atoms with Crippen molar-refractivity contribution in [2.75, 3.05) is 25.6 Å². The van der Waals surface area contributed by atoms with Gasteiger partial charge in [-0.15, -0.1) is 0 Å². The predicted octanol–water partition coefficient (Wildman–Crippen LogP) is 3.39. The van der Waals surface area contributed by atoms with Crippen LogP contribution in [0.25, 0.3) is 0 Å². The molecule has 1 aliphatic rings. The quantitative estimate of drug-likeness (QED) is 0.872. The number of hydrogen-bond acceptors (Lipinski definition) is 4. The van der Waals surface area contributed by atoms with Crippen molar-refractivity contribution >= 4 is 11.6 Å². The van der Waals surface area contributed by atoms with Crippen LogP contribution in [0.15, 0.2) is 42.5 Å². The number of anilines is 1. The molecule has 0 aromatic heterocycles. The highest BCUT2D eigenvalue weighted by Gasteiger charge is 2.24. The van der Waals surface area contributed by atoms with Crippen LogP contribution in [-0.4, -0.2) is 26.2 Å². The maximum absolute atomic E-state index is 13.2. The van der Waals surface area contributed by atoms with E-state index in [0.29, 0.717) is 30.4 Å². The largest absolute Gasteiger partial charge is 0.495 e. The minimum atomic E-state index is -0.348. The van der Waals surface area contributed by atoms with E-state index in [-0.39, 0.29) is 24.2 Å². The first-order chi connectivity index (χ1) is 12.2. The van der Waals surface area contributed by atoms with Crippen LogP contribution in [0.5, 0.6) is 11.5 Å². The molecule has 1 saturated heterocycles. The van der Waals surface area contributed by atoms with E-state index < -0.39 is 0 Å². The van der Waals surface area contributed by atoms with Crippen molar-refractivity contribution in [2.24, 2.45) is 5.92 Å². The summed E-state index contributed by atoms with van der Waals surface area (Å²) in [5, 5.41) is 2.89. The Hall–Kier alpha value is -2.60. The van der Waals surface area contributed by atoms with Crippen LogP contribution in [0, 0.1) is 11.7 Å². The first-order valence-electron chi connectivity index (χ1n) is 8.09. The van der Waals surface area contributed by atoms with Gasteiger partial charge in [-0.05, 0) is 36.2 Å². The van der Waals surface area contributed by atoms with E-state index >= 15 is 0 Å². The predicted molar refractivity (Wildman–Crippen MR) is 91.3 cm³/mol. The van der Waals surface area contributed by atoms with Crippen molar-refractivity contribution in [3.63, 3.8) is 0 Å². The molecule has 5 nitrogen and oxygen atoms in total. The van der Waals surface area contributed by atoms with Crippen molar-refractivity contribution in [2.45, 2.75) is 13.0 Å². The molecule has 6 heteroatoms. The Bertz CT molecular complexity index is 744. The van der Waals surface area contributed by atoms with Crippen LogP contribution in [0.1, 0.15) is 12.0 Å². The number of halogens is 1. The third-order valence-electron chi connectivity index (χ3n) is 4.02. The summed E-state index contributed by atoms with van der Waals surface area (Å²) < 4.78 is 29.3. The van der Waals surface area contributed by atoms with Gasteiger partial charge in [0.15, 0.2) is 0 Å². The molecular weight excluding hydrogens is 325 g/mol. The molecule has 0 radical (unpaired) electrons. The molecule has 1 N–H and O–H groups in total. The van der Waals surface area contributed by atoms with Crippen molar-refractivity contribution in [3.8, 4) is 11.5 Å². The molecular formula is C19H20FNO4. The molecule has 0 spiro atoms. The number of amides is 1. The lowest BCUT2D eigenvalue weighted by molar-refractivity contribution is -0.119. The number of benzene rings is 2. The van der Waals surface area contributed by atoms with E-state index in [1.807, 2.05) is 6.07 Å². The average Bonchev–Trinajstić information content (AvgIpc) is 3.15. The molecule has 0 bridgehead atoms. The second kappa shape index (κ2) is 7.98. The van der Waals surface area contributed by atoms with Crippen LogP contribution in [0.3, 0.4) is 0 Å². The fourth-order valence-corrected chi connectivity index (χ4v) is 2.64. The van der Waals surface area contributed by atoms with Crippen molar-refractivity contribution in [1.82, 2.24) is 0 Å². The number of carbonyl (C=O) groups is 1. The van der Waals surface area contributed by atoms with Gasteiger partial charge in [0.25, 0.3) is 0 Å². The molecule has 0 aliphatic carbocycles. The Labute approximate surface area is 145 Å². The third kappa shape index (κ3) is 4.48. The van der Waals surface area contributed by atoms with E-state index in [1.54, 1.807) is 31.4 Å². The summed E-state index contributed by atoms with van der Waals surface area (Å²) in [7, 11) is 1.55. The van der Waals surface area contributed by atoms with Gasteiger partial charge in [-0.25, -0.2) is 4.39 Å². The van der Waals surface area contributed by atoms with Gasteiger partial charge in [-0.2, -0.15) is 0 Å². The van der Waals surface area contributed by atoms with Gasteiger partial charge in [0, 0.05) is 12.7 Å². The summed E-state index contributed by atoms with van der Waals surface area (Å²) in [5.41, 5.74) is 1.42. The van der Waals surface area contributed by atoms with Crippen molar-refractivity contribution in [1.29, 1.82) is 0 Å². The molecule has 1 heterocycles. The van der Waals surface area contributed by atoms with E-state index in [4.69, 9.17) is 14.2 Å². The third-order valence-corrected chi connectivity index (χ3v) is 4.02. The van der Waals surface area contributed by atoms with E-state index in [2.05, 4.69) is 5.32 Å². The maximum Gasteiger partial charge on any atom is 0.230 e. The fourth-order valence-electron chi connectivity index (χ4n) is 2.64. The molecule has 1 fully saturated rings. The summed E-state index contributed by atoms with van der Waals surface area (Å²) in [6.45, 7) is 1.30. The van der Waals surface area contributed by atoms with Gasteiger partial charge < -0.3 is 19.5 Å². The van der Waals surface area contributed by atoms with E-state index in [0.717, 1.165) is 12.0 Å². The van der Waals surface area contributed by atoms with Gasteiger partial charge in [0.1, 0.15) is 23.9 Å². The molecule has 1 atom stereocenters. The first-order valence-corrected chi connectivity index (χ1v) is 8.09. The lowest BCUT2D eigenvalue weighted by atomic mass is 10.1. The number of methoxy groups -OCH3 is 1. The Kier molecular flexibility index (Phi) is 5.50. The van der Waals surface area contributed by atoms with Crippen molar-refractivity contribution in [3.05, 3.63) is 53.8 Å². The van der Waals surface area contributed by atoms with Gasteiger partial charge in [-0.3, -0.25) is 4.79 Å². The first kappa shape index (κ1) is 17.2. The molecule has 2 aromatic carbocycles. The number of ether oxygens (including phenoxy) is 3. The highest BCUT2D eigenvalue weighted by atomic mass is 19.1. The zero-order valence-electron chi connectivity index (χ0n) is 14.0. The number of rotatable bonds is 6. The Morgan fingerprint density at radius 3 is 2.92 bits per heavy atom. The van der Waals surface area contributed by atoms with E-state index in [9.17, 15) is 9.18 Å². The zero-order valence-corrected chi connectivity index (χ0v) is 14.0. The van der Waals surface area contributed by atoms with Gasteiger partial charge in [-0.1, -0.05) is 12.1 Å². The van der Waals surface area contributed by atoms with Gasteiger partial charge in [0.2, 0.25) is 5.91 Å². The Morgan fingerprint density at radius 1 is 1.32 bits per heavy atom. The van der Waals surface area contributed by atoms with Crippen LogP contribution >= 0.6 is 0 Å². The summed E-state index contributed by atoms with van der Waals surface area (Å²) in [5.74, 6) is 0.446. The molecule has 2 aromatic rings. The molecule has 132 valence electrons. The molecule has 1 aliphatic heterocycles.